The van der Waals surface area contributed by atoms with Crippen molar-refractivity contribution in [1.82, 2.24) is 40.2 Å². The number of carbonyl (C=O) groups excluding carboxylic acids is 5. The van der Waals surface area contributed by atoms with Crippen molar-refractivity contribution in [2.24, 2.45) is 14.1 Å². The number of esters is 3. The molecule has 2 aromatic carbocycles. The smallest absolute Gasteiger partial charge is 0.310 e. The van der Waals surface area contributed by atoms with Crippen LogP contribution in [0.1, 0.15) is 60.1 Å². The van der Waals surface area contributed by atoms with E-state index in [9.17, 15) is 29.1 Å². The summed E-state index contributed by atoms with van der Waals surface area (Å²) in [5.74, 6) is -0.584. The van der Waals surface area contributed by atoms with Gasteiger partial charge < -0.3 is 25.2 Å². The maximum atomic E-state index is 12.5. The molecular weight excluding hydrogens is 743 g/mol. The molecule has 4 aromatic rings. The highest BCUT2D eigenvalue weighted by molar-refractivity contribution is 6.31. The second-order valence-corrected chi connectivity index (χ2v) is 13.9. The number of aryl methyl sites for hydroxylation is 2. The van der Waals surface area contributed by atoms with Gasteiger partial charge in [-0.1, -0.05) is 23.2 Å². The summed E-state index contributed by atoms with van der Waals surface area (Å²) < 4.78 is 12.3. The van der Waals surface area contributed by atoms with E-state index in [1.807, 2.05) is 0 Å². The Morgan fingerprint density at radius 2 is 1.06 bits per heavy atom. The predicted octanol–water partition coefficient (Wildman–Crippen LogP) is 4.73. The molecule has 16 nitrogen and oxygen atoms in total. The molecule has 18 heteroatoms. The lowest BCUT2D eigenvalue weighted by Gasteiger charge is -2.21. The largest absolute Gasteiger partial charge is 0.509 e. The number of amides is 2. The van der Waals surface area contributed by atoms with Crippen molar-refractivity contribution in [1.29, 1.82) is 0 Å². The molecule has 0 fully saturated rings. The number of aliphatic hydroxyl groups excluding tert-OH is 1. The van der Waals surface area contributed by atoms with Gasteiger partial charge in [0.1, 0.15) is 22.7 Å². The first-order valence-corrected chi connectivity index (χ1v) is 16.9. The Morgan fingerprint density at radius 3 is 1.41 bits per heavy atom. The Morgan fingerprint density at radius 1 is 0.667 bits per heavy atom. The summed E-state index contributed by atoms with van der Waals surface area (Å²) in [7, 11) is 3.36. The van der Waals surface area contributed by atoms with Gasteiger partial charge in [-0.25, -0.2) is 19.3 Å². The third kappa shape index (κ3) is 9.37. The molecule has 284 valence electrons. The lowest BCUT2D eigenvalue weighted by molar-refractivity contribution is -0.156. The summed E-state index contributed by atoms with van der Waals surface area (Å²) >= 11 is 11.8. The summed E-state index contributed by atoms with van der Waals surface area (Å²) in [4.78, 5) is 64.5. The number of nitrogens with zero attached hydrogens (tertiary/aromatic N) is 6. The molecule has 3 N–H and O–H groups in total. The molecule has 0 bridgehead atoms. The van der Waals surface area contributed by atoms with Crippen LogP contribution in [0.4, 0.5) is 0 Å². The molecule has 2 aliphatic heterocycles. The fourth-order valence-electron chi connectivity index (χ4n) is 5.23. The molecule has 0 saturated carbocycles. The quantitative estimate of drug-likeness (QED) is 0.186. The minimum absolute atomic E-state index is 0.0318. The fourth-order valence-corrected chi connectivity index (χ4v) is 5.48. The van der Waals surface area contributed by atoms with E-state index in [1.54, 1.807) is 90.3 Å². The molecular formula is C36H38Cl2N8O8. The van der Waals surface area contributed by atoms with Gasteiger partial charge >= 0.3 is 17.9 Å². The summed E-state index contributed by atoms with van der Waals surface area (Å²) in [6.07, 6.45) is 0. The van der Waals surface area contributed by atoms with Gasteiger partial charge in [0.05, 0.1) is 11.1 Å². The fraction of sp³-hybridized carbons (Fsp3) is 0.306. The van der Waals surface area contributed by atoms with Crippen LogP contribution in [-0.4, -0.2) is 75.4 Å². The summed E-state index contributed by atoms with van der Waals surface area (Å²) in [5.41, 5.74) is 0.279. The van der Waals surface area contributed by atoms with Crippen molar-refractivity contribution in [2.75, 3.05) is 0 Å². The molecule has 0 spiro atoms. The third-order valence-corrected chi connectivity index (χ3v) is 8.15. The van der Waals surface area contributed by atoms with E-state index in [0.717, 1.165) is 11.1 Å². The van der Waals surface area contributed by atoms with Crippen LogP contribution in [0.5, 0.6) is 0 Å². The van der Waals surface area contributed by atoms with Gasteiger partial charge in [-0.2, -0.15) is 10.2 Å². The number of halogens is 2. The summed E-state index contributed by atoms with van der Waals surface area (Å²) in [6.45, 7) is 10.6. The van der Waals surface area contributed by atoms with Crippen LogP contribution >= 0.6 is 23.2 Å². The first kappa shape index (κ1) is 40.9. The van der Waals surface area contributed by atoms with E-state index < -0.39 is 29.0 Å². The van der Waals surface area contributed by atoms with Crippen LogP contribution in [0, 0.1) is 0 Å². The van der Waals surface area contributed by atoms with Crippen molar-refractivity contribution < 1.29 is 38.6 Å². The van der Waals surface area contributed by atoms with Gasteiger partial charge in [-0.15, -0.1) is 0 Å². The van der Waals surface area contributed by atoms with E-state index in [2.05, 4.69) is 35.5 Å². The highest BCUT2D eigenvalue weighted by Gasteiger charge is 2.43. The molecule has 4 heterocycles. The predicted molar refractivity (Wildman–Crippen MR) is 198 cm³/mol. The molecule has 0 saturated heterocycles. The van der Waals surface area contributed by atoms with Crippen molar-refractivity contribution in [2.45, 2.75) is 59.5 Å². The number of rotatable bonds is 5. The Labute approximate surface area is 320 Å². The average Bonchev–Trinajstić information content (AvgIpc) is 3.73. The molecule has 2 amide bonds. The molecule has 2 aliphatic rings. The van der Waals surface area contributed by atoms with E-state index in [-0.39, 0.29) is 34.5 Å². The zero-order valence-electron chi connectivity index (χ0n) is 30.9. The molecule has 54 heavy (non-hydrogen) atoms. The molecule has 0 atom stereocenters. The minimum Gasteiger partial charge on any atom is -0.509 e. The molecule has 0 aliphatic carbocycles. The van der Waals surface area contributed by atoms with Crippen LogP contribution in [0.25, 0.3) is 33.9 Å². The van der Waals surface area contributed by atoms with E-state index in [1.165, 1.54) is 30.1 Å². The molecule has 0 radical (unpaired) electrons. The Hall–Kier alpha value is -5.87. The maximum Gasteiger partial charge on any atom is 0.310 e. The topological polar surface area (TPSA) is 210 Å². The highest BCUT2D eigenvalue weighted by atomic mass is 35.5. The van der Waals surface area contributed by atoms with Gasteiger partial charge in [-0.3, -0.25) is 24.0 Å². The number of hydrogen-bond acceptors (Lipinski definition) is 12. The van der Waals surface area contributed by atoms with E-state index >= 15 is 0 Å². The van der Waals surface area contributed by atoms with Gasteiger partial charge in [-0.05, 0) is 76.2 Å². The average molecular weight is 782 g/mol. The van der Waals surface area contributed by atoms with Crippen molar-refractivity contribution in [3.8, 4) is 22.8 Å². The standard InChI is InChI=1S/C17H17ClN4O3.C15H15ClN4O2.C4H6O3/c1-9(23)25-13-12(16(24)20-17(13,2)3)15-19-14(21-22(15)4)10-5-7-11(18)8-6-10;1-15(2)11(21)10(14(22)18-15)13-17-12(19-20(13)3)8-4-6-9(16)7-5-8;1-3(5)7-4(2)6/h5-8H,1-4H3,(H,20,24);4-7,21H,1-3H3,(H,18,22);1-2H3. The monoisotopic (exact) mass is 780 g/mol. The van der Waals surface area contributed by atoms with Crippen LogP contribution in [0.15, 0.2) is 60.0 Å². The summed E-state index contributed by atoms with van der Waals surface area (Å²) in [5, 5.41) is 25.7. The second-order valence-electron chi connectivity index (χ2n) is 13.0. The van der Waals surface area contributed by atoms with Crippen molar-refractivity contribution in [3.05, 3.63) is 81.7 Å². The zero-order chi connectivity index (χ0) is 40.3. The maximum absolute atomic E-state index is 12.5. The van der Waals surface area contributed by atoms with Gasteiger partial charge in [0.2, 0.25) is 0 Å². The molecule has 6 rings (SSSR count). The van der Waals surface area contributed by atoms with Gasteiger partial charge in [0.15, 0.2) is 23.3 Å². The number of benzene rings is 2. The molecule has 2 aromatic heterocycles. The first-order valence-electron chi connectivity index (χ1n) is 16.2. The van der Waals surface area contributed by atoms with Crippen LogP contribution in [0.3, 0.4) is 0 Å². The molecule has 0 unspecified atom stereocenters. The first-order chi connectivity index (χ1) is 25.1. The lowest BCUT2D eigenvalue weighted by Crippen LogP contribution is -2.39. The van der Waals surface area contributed by atoms with Gasteiger partial charge in [0.25, 0.3) is 11.8 Å². The van der Waals surface area contributed by atoms with Crippen LogP contribution < -0.4 is 10.6 Å². The number of hydrogen-bond donors (Lipinski definition) is 3. The number of carbonyl (C=O) groups is 5. The number of ether oxygens (including phenoxy) is 2. The minimum atomic E-state index is -0.815. The second kappa shape index (κ2) is 16.0. The third-order valence-electron chi connectivity index (χ3n) is 7.64. The number of aliphatic hydroxyl groups is 1. The summed E-state index contributed by atoms with van der Waals surface area (Å²) in [6, 6.07) is 14.2. The lowest BCUT2D eigenvalue weighted by atomic mass is 10.0. The highest BCUT2D eigenvalue weighted by Crippen LogP contribution is 2.34. The number of nitrogens with one attached hydrogen (secondary N) is 2. The van der Waals surface area contributed by atoms with Crippen LogP contribution in [-0.2, 0) is 47.5 Å². The normalized spacial score (nSPS) is 15.4. The Balaban J connectivity index is 0.000000206. The zero-order valence-corrected chi connectivity index (χ0v) is 32.4. The SMILES string of the molecule is CC(=O)OC(C)=O.CC(=O)OC1=C(c2nc(-c3ccc(Cl)cc3)nn2C)C(=O)NC1(C)C.Cn1nc(-c2ccc(Cl)cc2)nc1C1=C(O)C(C)(C)NC1=O. The Bertz CT molecular complexity index is 2190. The van der Waals surface area contributed by atoms with Crippen molar-refractivity contribution >= 4 is 64.1 Å². The Kier molecular flexibility index (Phi) is 12.1. The van der Waals surface area contributed by atoms with E-state index in [0.29, 0.717) is 33.3 Å². The van der Waals surface area contributed by atoms with E-state index in [4.69, 9.17) is 27.9 Å². The number of aromatic nitrogens is 6. The van der Waals surface area contributed by atoms with Crippen LogP contribution in [0.2, 0.25) is 10.0 Å². The van der Waals surface area contributed by atoms with Crippen molar-refractivity contribution in [3.63, 3.8) is 0 Å². The van der Waals surface area contributed by atoms with Gasteiger partial charge in [0, 0.05) is 56.0 Å².